The van der Waals surface area contributed by atoms with Crippen LogP contribution in [0.5, 0.6) is 0 Å². The molecule has 0 aliphatic carbocycles. The Balaban J connectivity index is 1.62. The Kier molecular flexibility index (Phi) is 6.10. The third kappa shape index (κ3) is 5.37. The van der Waals surface area contributed by atoms with Crippen molar-refractivity contribution in [2.75, 3.05) is 12.3 Å². The van der Waals surface area contributed by atoms with Gasteiger partial charge in [-0.1, -0.05) is 18.3 Å². The van der Waals surface area contributed by atoms with Gasteiger partial charge in [-0.2, -0.15) is 0 Å². The van der Waals surface area contributed by atoms with Crippen LogP contribution in [0.15, 0.2) is 35.9 Å². The van der Waals surface area contributed by atoms with Crippen molar-refractivity contribution in [2.45, 2.75) is 24.4 Å². The number of hydrogen-bond donors (Lipinski definition) is 1. The third-order valence-electron chi connectivity index (χ3n) is 2.82. The van der Waals surface area contributed by atoms with Crippen molar-refractivity contribution in [2.24, 2.45) is 0 Å². The standard InChI is InChI=1S/C14H16N4O4S/c1-10(9-23-14-16-6-2-7-17-14)15-8-5-13(21)22-18-11(19)3-4-12(18)20/h2,6-7,15H,1,3-5,8-9H2. The Morgan fingerprint density at radius 2 is 1.96 bits per heavy atom. The highest BCUT2D eigenvalue weighted by atomic mass is 32.2. The number of carbonyl (C=O) groups is 3. The van der Waals surface area contributed by atoms with Crippen molar-refractivity contribution >= 4 is 29.5 Å². The van der Waals surface area contributed by atoms with E-state index in [1.54, 1.807) is 18.5 Å². The number of carbonyl (C=O) groups excluding carboxylic acids is 3. The zero-order chi connectivity index (χ0) is 16.7. The van der Waals surface area contributed by atoms with Gasteiger partial charge in [-0.3, -0.25) is 9.59 Å². The first-order chi connectivity index (χ1) is 11.1. The topological polar surface area (TPSA) is 101 Å². The summed E-state index contributed by atoms with van der Waals surface area (Å²) in [5, 5.41) is 4.15. The SMILES string of the molecule is C=C(CSc1ncccn1)NCCC(=O)ON1C(=O)CCC1=O. The summed E-state index contributed by atoms with van der Waals surface area (Å²) in [6.07, 6.45) is 3.49. The highest BCUT2D eigenvalue weighted by Crippen LogP contribution is 2.14. The van der Waals surface area contributed by atoms with E-state index in [0.717, 1.165) is 0 Å². The number of hydroxylamine groups is 2. The molecule has 1 aliphatic rings. The molecule has 0 spiro atoms. The lowest BCUT2D eigenvalue weighted by molar-refractivity contribution is -0.197. The van der Waals surface area contributed by atoms with E-state index in [-0.39, 0.29) is 19.3 Å². The smallest absolute Gasteiger partial charge is 0.334 e. The van der Waals surface area contributed by atoms with Crippen molar-refractivity contribution in [1.29, 1.82) is 0 Å². The molecule has 2 amide bonds. The molecule has 2 heterocycles. The zero-order valence-electron chi connectivity index (χ0n) is 12.4. The first-order valence-electron chi connectivity index (χ1n) is 6.94. The summed E-state index contributed by atoms with van der Waals surface area (Å²) >= 11 is 1.42. The summed E-state index contributed by atoms with van der Waals surface area (Å²) < 4.78 is 0. The number of hydrogen-bond acceptors (Lipinski definition) is 8. The van der Waals surface area contributed by atoms with Gasteiger partial charge < -0.3 is 10.2 Å². The van der Waals surface area contributed by atoms with Gasteiger partial charge in [0.15, 0.2) is 5.16 Å². The highest BCUT2D eigenvalue weighted by Gasteiger charge is 2.32. The van der Waals surface area contributed by atoms with Crippen molar-refractivity contribution in [3.05, 3.63) is 30.7 Å². The lowest BCUT2D eigenvalue weighted by Crippen LogP contribution is -2.33. The molecule has 0 aromatic carbocycles. The molecule has 0 saturated carbocycles. The third-order valence-corrected chi connectivity index (χ3v) is 3.78. The molecule has 23 heavy (non-hydrogen) atoms. The number of amides is 2. The molecule has 8 nitrogen and oxygen atoms in total. The van der Waals surface area contributed by atoms with E-state index in [1.807, 2.05) is 0 Å². The summed E-state index contributed by atoms with van der Waals surface area (Å²) in [5.74, 6) is -1.06. The molecule has 9 heteroatoms. The number of aromatic nitrogens is 2. The van der Waals surface area contributed by atoms with E-state index >= 15 is 0 Å². The van der Waals surface area contributed by atoms with E-state index in [0.29, 0.717) is 28.2 Å². The zero-order valence-corrected chi connectivity index (χ0v) is 13.2. The van der Waals surface area contributed by atoms with Crippen LogP contribution in [0, 0.1) is 0 Å². The van der Waals surface area contributed by atoms with Crippen LogP contribution in [-0.4, -0.2) is 45.1 Å². The summed E-state index contributed by atoms with van der Waals surface area (Å²) in [6, 6.07) is 1.73. The summed E-state index contributed by atoms with van der Waals surface area (Å²) in [6.45, 7) is 4.13. The van der Waals surface area contributed by atoms with Crippen LogP contribution in [0.2, 0.25) is 0 Å². The molecular formula is C14H16N4O4S. The predicted octanol–water partition coefficient (Wildman–Crippen LogP) is 0.669. The van der Waals surface area contributed by atoms with E-state index in [4.69, 9.17) is 4.84 Å². The van der Waals surface area contributed by atoms with Crippen LogP contribution in [0.1, 0.15) is 19.3 Å². The van der Waals surface area contributed by atoms with Gasteiger partial charge in [0.05, 0.1) is 6.42 Å². The van der Waals surface area contributed by atoms with Crippen molar-refractivity contribution < 1.29 is 19.2 Å². The minimum atomic E-state index is -0.645. The maximum Gasteiger partial charge on any atom is 0.334 e. The van der Waals surface area contributed by atoms with Gasteiger partial charge in [-0.15, -0.1) is 5.06 Å². The lowest BCUT2D eigenvalue weighted by atomic mass is 10.4. The predicted molar refractivity (Wildman–Crippen MR) is 81.7 cm³/mol. The largest absolute Gasteiger partial charge is 0.388 e. The molecule has 1 aromatic rings. The Bertz CT molecular complexity index is 592. The fourth-order valence-corrected chi connectivity index (χ4v) is 2.39. The fourth-order valence-electron chi connectivity index (χ4n) is 1.71. The van der Waals surface area contributed by atoms with Gasteiger partial charge in [-0.05, 0) is 6.07 Å². The van der Waals surface area contributed by atoms with Crippen LogP contribution >= 0.6 is 11.8 Å². The average molecular weight is 336 g/mol. The molecule has 1 saturated heterocycles. The molecule has 1 aliphatic heterocycles. The number of thioether (sulfide) groups is 1. The lowest BCUT2D eigenvalue weighted by Gasteiger charge is -2.13. The molecule has 0 unspecified atom stereocenters. The molecular weight excluding hydrogens is 320 g/mol. The average Bonchev–Trinajstić information content (AvgIpc) is 2.86. The normalized spacial score (nSPS) is 14.0. The molecule has 1 aromatic heterocycles. The van der Waals surface area contributed by atoms with Crippen molar-refractivity contribution in [3.8, 4) is 0 Å². The number of imide groups is 1. The van der Waals surface area contributed by atoms with Crippen molar-refractivity contribution in [3.63, 3.8) is 0 Å². The van der Waals surface area contributed by atoms with E-state index in [2.05, 4.69) is 21.9 Å². The van der Waals surface area contributed by atoms with Crippen LogP contribution in [-0.2, 0) is 19.2 Å². The van der Waals surface area contributed by atoms with Crippen LogP contribution in [0.25, 0.3) is 0 Å². The van der Waals surface area contributed by atoms with E-state index in [9.17, 15) is 14.4 Å². The second kappa shape index (κ2) is 8.28. The van der Waals surface area contributed by atoms with Crippen molar-refractivity contribution in [1.82, 2.24) is 20.3 Å². The monoisotopic (exact) mass is 336 g/mol. The Labute approximate surface area is 137 Å². The molecule has 1 N–H and O–H groups in total. The van der Waals surface area contributed by atoms with Crippen LogP contribution < -0.4 is 5.32 Å². The summed E-state index contributed by atoms with van der Waals surface area (Å²) in [7, 11) is 0. The molecule has 0 radical (unpaired) electrons. The number of rotatable bonds is 8. The summed E-state index contributed by atoms with van der Waals surface area (Å²) in [5.41, 5.74) is 0.712. The summed E-state index contributed by atoms with van der Waals surface area (Å²) in [4.78, 5) is 47.1. The Morgan fingerprint density at radius 3 is 2.61 bits per heavy atom. The molecule has 0 atom stereocenters. The maximum absolute atomic E-state index is 11.6. The maximum atomic E-state index is 11.6. The quantitative estimate of drug-likeness (QED) is 0.420. The molecule has 2 rings (SSSR count). The van der Waals surface area contributed by atoms with Gasteiger partial charge in [0.1, 0.15) is 0 Å². The van der Waals surface area contributed by atoms with Gasteiger partial charge in [-0.25, -0.2) is 14.8 Å². The minimum absolute atomic E-state index is 0.0165. The number of nitrogens with zero attached hydrogens (tertiary/aromatic N) is 3. The van der Waals surface area contributed by atoms with Gasteiger partial charge in [0.25, 0.3) is 11.8 Å². The molecule has 0 bridgehead atoms. The van der Waals surface area contributed by atoms with Gasteiger partial charge >= 0.3 is 5.97 Å². The first kappa shape index (κ1) is 16.9. The van der Waals surface area contributed by atoms with E-state index in [1.165, 1.54) is 11.8 Å². The first-order valence-corrected chi connectivity index (χ1v) is 7.93. The highest BCUT2D eigenvalue weighted by molar-refractivity contribution is 7.99. The minimum Gasteiger partial charge on any atom is -0.388 e. The van der Waals surface area contributed by atoms with Crippen LogP contribution in [0.4, 0.5) is 0 Å². The Hall–Kier alpha value is -2.42. The second-order valence-corrected chi connectivity index (χ2v) is 5.59. The molecule has 122 valence electrons. The number of nitrogens with one attached hydrogen (secondary N) is 1. The van der Waals surface area contributed by atoms with Gasteiger partial charge in [0, 0.05) is 43.2 Å². The molecule has 1 fully saturated rings. The Morgan fingerprint density at radius 1 is 1.30 bits per heavy atom. The van der Waals surface area contributed by atoms with E-state index < -0.39 is 17.8 Å². The fraction of sp³-hybridized carbons (Fsp3) is 0.357. The van der Waals surface area contributed by atoms with Gasteiger partial charge in [0.2, 0.25) is 0 Å². The second-order valence-electron chi connectivity index (χ2n) is 4.65. The van der Waals surface area contributed by atoms with Crippen LogP contribution in [0.3, 0.4) is 0 Å².